The highest BCUT2D eigenvalue weighted by molar-refractivity contribution is 5.11. The molecule has 0 spiro atoms. The first-order valence-corrected chi connectivity index (χ1v) is 2.81. The maximum Gasteiger partial charge on any atom is 0.141 e. The Bertz CT molecular complexity index is 114. The molecule has 0 aromatic rings. The largest absolute Gasteiger partial charge is 0.286 e. The third-order valence-corrected chi connectivity index (χ3v) is 1.50. The number of hydrogen-bond donors (Lipinski definition) is 0. The van der Waals surface area contributed by atoms with Gasteiger partial charge in [-0.25, -0.2) is 0 Å². The van der Waals surface area contributed by atoms with Gasteiger partial charge in [0.05, 0.1) is 6.07 Å². The van der Waals surface area contributed by atoms with Crippen molar-refractivity contribution in [3.05, 3.63) is 6.04 Å². The monoisotopic (exact) mass is 109 g/mol. The van der Waals surface area contributed by atoms with E-state index in [2.05, 4.69) is 6.07 Å². The minimum atomic E-state index is 0.935. The van der Waals surface area contributed by atoms with Crippen LogP contribution in [-0.4, -0.2) is 18.5 Å². The fourth-order valence-corrected chi connectivity index (χ4v) is 0.951. The van der Waals surface area contributed by atoms with Crippen LogP contribution in [0.15, 0.2) is 0 Å². The van der Waals surface area contributed by atoms with E-state index in [1.165, 1.54) is 0 Å². The van der Waals surface area contributed by atoms with Gasteiger partial charge in [0, 0.05) is 0 Å². The lowest BCUT2D eigenvalue weighted by Crippen LogP contribution is -2.15. The SMILES string of the molecule is CN1CCC[C]1C#N. The van der Waals surface area contributed by atoms with E-state index in [0.717, 1.165) is 25.4 Å². The molecule has 8 heavy (non-hydrogen) atoms. The van der Waals surface area contributed by atoms with E-state index >= 15 is 0 Å². The van der Waals surface area contributed by atoms with Gasteiger partial charge >= 0.3 is 0 Å². The molecule has 1 rings (SSSR count). The summed E-state index contributed by atoms with van der Waals surface area (Å²) in [5.74, 6) is 0. The predicted octanol–water partition coefficient (Wildman–Crippen LogP) is 0.768. The Morgan fingerprint density at radius 2 is 2.50 bits per heavy atom. The van der Waals surface area contributed by atoms with Crippen LogP contribution in [0.5, 0.6) is 0 Å². The topological polar surface area (TPSA) is 27.0 Å². The Balaban J connectivity index is 2.45. The molecule has 0 N–H and O–H groups in total. The minimum Gasteiger partial charge on any atom is -0.286 e. The molecule has 0 bridgehead atoms. The molecule has 43 valence electrons. The summed E-state index contributed by atoms with van der Waals surface area (Å²) in [6.45, 7) is 1.06. The van der Waals surface area contributed by atoms with Crippen LogP contribution in [0.3, 0.4) is 0 Å². The molecular formula is C6H9N2. The molecule has 1 aliphatic heterocycles. The molecule has 1 heterocycles. The van der Waals surface area contributed by atoms with Gasteiger partial charge in [0.25, 0.3) is 0 Å². The van der Waals surface area contributed by atoms with Crippen molar-refractivity contribution in [2.24, 2.45) is 0 Å². The fourth-order valence-electron chi connectivity index (χ4n) is 0.951. The summed E-state index contributed by atoms with van der Waals surface area (Å²) < 4.78 is 0. The van der Waals surface area contributed by atoms with Crippen LogP contribution < -0.4 is 0 Å². The highest BCUT2D eigenvalue weighted by atomic mass is 15.1. The lowest BCUT2D eigenvalue weighted by atomic mass is 10.2. The summed E-state index contributed by atoms with van der Waals surface area (Å²) in [6.07, 6.45) is 2.13. The van der Waals surface area contributed by atoms with E-state index in [1.807, 2.05) is 11.9 Å². The normalized spacial score (nSPS) is 23.5. The maximum absolute atomic E-state index is 8.41. The van der Waals surface area contributed by atoms with Gasteiger partial charge in [-0.1, -0.05) is 0 Å². The Morgan fingerprint density at radius 1 is 1.75 bits per heavy atom. The summed E-state index contributed by atoms with van der Waals surface area (Å²) in [7, 11) is 1.96. The second-order valence-corrected chi connectivity index (χ2v) is 2.08. The predicted molar refractivity (Wildman–Crippen MR) is 30.7 cm³/mol. The van der Waals surface area contributed by atoms with Gasteiger partial charge in [0.2, 0.25) is 0 Å². The molecule has 1 radical (unpaired) electrons. The zero-order valence-electron chi connectivity index (χ0n) is 5.02. The minimum absolute atomic E-state index is 0.935. The lowest BCUT2D eigenvalue weighted by Gasteiger charge is -2.07. The molecule has 0 aromatic carbocycles. The van der Waals surface area contributed by atoms with Crippen molar-refractivity contribution >= 4 is 0 Å². The highest BCUT2D eigenvalue weighted by Crippen LogP contribution is 2.19. The first-order valence-electron chi connectivity index (χ1n) is 2.81. The average molecular weight is 109 g/mol. The fraction of sp³-hybridized carbons (Fsp3) is 0.667. The standard InChI is InChI=1S/C6H9N2/c1-8-4-2-3-6(8)5-7/h2-4H2,1H3. The van der Waals surface area contributed by atoms with Gasteiger partial charge < -0.3 is 0 Å². The summed E-state index contributed by atoms with van der Waals surface area (Å²) in [6, 6.07) is 3.09. The Morgan fingerprint density at radius 3 is 2.75 bits per heavy atom. The molecule has 1 aliphatic rings. The molecule has 0 amide bonds. The van der Waals surface area contributed by atoms with Crippen molar-refractivity contribution in [1.29, 1.82) is 5.26 Å². The summed E-state index contributed by atoms with van der Waals surface area (Å²) in [5.41, 5.74) is 0. The Hall–Kier alpha value is -0.550. The molecule has 0 atom stereocenters. The van der Waals surface area contributed by atoms with Crippen molar-refractivity contribution < 1.29 is 0 Å². The van der Waals surface area contributed by atoms with E-state index in [1.54, 1.807) is 0 Å². The van der Waals surface area contributed by atoms with Crippen LogP contribution >= 0.6 is 0 Å². The van der Waals surface area contributed by atoms with E-state index < -0.39 is 0 Å². The van der Waals surface area contributed by atoms with Crippen LogP contribution in [0.25, 0.3) is 0 Å². The smallest absolute Gasteiger partial charge is 0.141 e. The van der Waals surface area contributed by atoms with Crippen LogP contribution in [0, 0.1) is 17.4 Å². The molecule has 0 unspecified atom stereocenters. The van der Waals surface area contributed by atoms with E-state index in [-0.39, 0.29) is 0 Å². The van der Waals surface area contributed by atoms with Crippen molar-refractivity contribution in [1.82, 2.24) is 4.90 Å². The quantitative estimate of drug-likeness (QED) is 0.459. The molecule has 2 heteroatoms. The van der Waals surface area contributed by atoms with Crippen molar-refractivity contribution in [2.75, 3.05) is 13.6 Å². The van der Waals surface area contributed by atoms with Crippen molar-refractivity contribution in [3.63, 3.8) is 0 Å². The van der Waals surface area contributed by atoms with Gasteiger partial charge in [-0.05, 0) is 26.4 Å². The van der Waals surface area contributed by atoms with E-state index in [9.17, 15) is 0 Å². The maximum atomic E-state index is 8.41. The van der Waals surface area contributed by atoms with E-state index in [4.69, 9.17) is 5.26 Å². The van der Waals surface area contributed by atoms with Crippen molar-refractivity contribution in [3.8, 4) is 6.07 Å². The second kappa shape index (κ2) is 2.15. The Labute approximate surface area is 49.7 Å². The molecule has 0 saturated carbocycles. The van der Waals surface area contributed by atoms with Crippen LogP contribution in [0.1, 0.15) is 12.8 Å². The average Bonchev–Trinajstić information content (AvgIpc) is 2.14. The third-order valence-electron chi connectivity index (χ3n) is 1.50. The van der Waals surface area contributed by atoms with Crippen LogP contribution in [0.4, 0.5) is 0 Å². The molecule has 1 fully saturated rings. The van der Waals surface area contributed by atoms with Gasteiger partial charge in [-0.15, -0.1) is 0 Å². The van der Waals surface area contributed by atoms with Crippen LogP contribution in [-0.2, 0) is 0 Å². The molecular weight excluding hydrogens is 100 g/mol. The molecule has 2 nitrogen and oxygen atoms in total. The number of rotatable bonds is 0. The molecule has 0 aliphatic carbocycles. The zero-order valence-corrected chi connectivity index (χ0v) is 5.02. The first kappa shape index (κ1) is 5.58. The lowest BCUT2D eigenvalue weighted by molar-refractivity contribution is 0.441. The highest BCUT2D eigenvalue weighted by Gasteiger charge is 2.20. The van der Waals surface area contributed by atoms with Gasteiger partial charge in [0.1, 0.15) is 6.04 Å². The van der Waals surface area contributed by atoms with Gasteiger partial charge in [-0.2, -0.15) is 5.26 Å². The number of hydrogen-bond acceptors (Lipinski definition) is 2. The third kappa shape index (κ3) is 0.823. The summed E-state index contributed by atoms with van der Waals surface area (Å²) >= 11 is 0. The van der Waals surface area contributed by atoms with Gasteiger partial charge in [-0.3, -0.25) is 4.90 Å². The summed E-state index contributed by atoms with van der Waals surface area (Å²) in [5, 5.41) is 8.41. The first-order chi connectivity index (χ1) is 3.84. The zero-order chi connectivity index (χ0) is 5.98. The van der Waals surface area contributed by atoms with E-state index in [0.29, 0.717) is 0 Å². The van der Waals surface area contributed by atoms with Gasteiger partial charge in [0.15, 0.2) is 0 Å². The van der Waals surface area contributed by atoms with Crippen LogP contribution in [0.2, 0.25) is 0 Å². The van der Waals surface area contributed by atoms with Crippen molar-refractivity contribution in [2.45, 2.75) is 12.8 Å². The number of nitrogens with zero attached hydrogens (tertiary/aromatic N) is 2. The summed E-state index contributed by atoms with van der Waals surface area (Å²) in [4.78, 5) is 2.01. The molecule has 0 aromatic heterocycles. The molecule has 1 saturated heterocycles. The number of likely N-dealkylation sites (tertiary alicyclic amines) is 1. The Kier molecular flexibility index (Phi) is 1.50. The second-order valence-electron chi connectivity index (χ2n) is 2.08. The number of nitriles is 1.